The number of hydrogen-bond donors (Lipinski definition) is 2. The predicted octanol–water partition coefficient (Wildman–Crippen LogP) is 2.68. The molecule has 2 aromatic carbocycles. The van der Waals surface area contributed by atoms with E-state index in [1.807, 2.05) is 0 Å². The molecular weight excluding hydrogens is 392 g/mol. The van der Waals surface area contributed by atoms with Gasteiger partial charge in [0.25, 0.3) is 5.91 Å². The van der Waals surface area contributed by atoms with Gasteiger partial charge in [-0.1, -0.05) is 18.2 Å². The van der Waals surface area contributed by atoms with Gasteiger partial charge in [-0.2, -0.15) is 9.40 Å². The number of ether oxygens (including phenoxy) is 1. The molecule has 9 heteroatoms. The van der Waals surface area contributed by atoms with E-state index in [0.717, 1.165) is 0 Å². The Bertz CT molecular complexity index is 1170. The second-order valence-electron chi connectivity index (χ2n) is 6.75. The Hall–Kier alpha value is -3.17. The number of hydrogen-bond acceptors (Lipinski definition) is 5. The first-order valence-electron chi connectivity index (χ1n) is 8.97. The number of nitrogens with zero attached hydrogens (tertiary/aromatic N) is 2. The van der Waals surface area contributed by atoms with Crippen LogP contribution in [-0.2, 0) is 23.1 Å². The first kappa shape index (κ1) is 19.2. The minimum atomic E-state index is -3.66. The number of aromatic amines is 1. The Morgan fingerprint density at radius 1 is 1.14 bits per heavy atom. The van der Waals surface area contributed by atoms with Crippen molar-refractivity contribution in [3.63, 3.8) is 0 Å². The summed E-state index contributed by atoms with van der Waals surface area (Å²) in [7, 11) is -2.10. The molecular formula is C20H20N4O4S. The van der Waals surface area contributed by atoms with Gasteiger partial charge in [-0.3, -0.25) is 9.89 Å². The molecule has 0 fully saturated rings. The number of anilines is 1. The van der Waals surface area contributed by atoms with Crippen LogP contribution in [0, 0.1) is 6.92 Å². The maximum Gasteiger partial charge on any atom is 0.256 e. The van der Waals surface area contributed by atoms with Gasteiger partial charge in [0.05, 0.1) is 24.2 Å². The molecule has 150 valence electrons. The number of H-pyrrole nitrogens is 1. The second-order valence-corrected chi connectivity index (χ2v) is 8.65. The van der Waals surface area contributed by atoms with Crippen molar-refractivity contribution in [2.75, 3.05) is 12.4 Å². The summed E-state index contributed by atoms with van der Waals surface area (Å²) in [6.07, 6.45) is 0. The van der Waals surface area contributed by atoms with E-state index in [4.69, 9.17) is 4.74 Å². The Kier molecular flexibility index (Phi) is 4.85. The van der Waals surface area contributed by atoms with Gasteiger partial charge in [0.15, 0.2) is 0 Å². The molecule has 0 atom stereocenters. The minimum Gasteiger partial charge on any atom is -0.497 e. The van der Waals surface area contributed by atoms with Gasteiger partial charge in [0, 0.05) is 17.7 Å². The molecule has 1 aromatic heterocycles. The first-order valence-corrected chi connectivity index (χ1v) is 10.4. The maximum atomic E-state index is 13.0. The minimum absolute atomic E-state index is 0.140. The predicted molar refractivity (Wildman–Crippen MR) is 107 cm³/mol. The molecule has 1 aliphatic rings. The molecule has 29 heavy (non-hydrogen) atoms. The largest absolute Gasteiger partial charge is 0.497 e. The lowest BCUT2D eigenvalue weighted by molar-refractivity contribution is 0.102. The van der Waals surface area contributed by atoms with Crippen LogP contribution >= 0.6 is 0 Å². The summed E-state index contributed by atoms with van der Waals surface area (Å²) in [6, 6.07) is 13.6. The fourth-order valence-electron chi connectivity index (χ4n) is 3.29. The number of rotatable bonds is 5. The highest BCUT2D eigenvalue weighted by Crippen LogP contribution is 2.32. The molecule has 1 aliphatic heterocycles. The first-order chi connectivity index (χ1) is 13.9. The summed E-state index contributed by atoms with van der Waals surface area (Å²) in [5, 5.41) is 9.76. The number of carbonyl (C=O) groups is 1. The van der Waals surface area contributed by atoms with Gasteiger partial charge < -0.3 is 10.1 Å². The molecule has 4 rings (SSSR count). The van der Waals surface area contributed by atoms with E-state index < -0.39 is 10.0 Å². The Labute approximate surface area is 168 Å². The van der Waals surface area contributed by atoms with E-state index in [1.54, 1.807) is 62.6 Å². The van der Waals surface area contributed by atoms with Gasteiger partial charge in [-0.05, 0) is 42.8 Å². The highest BCUT2D eigenvalue weighted by Gasteiger charge is 2.35. The number of aryl methyl sites for hydroxylation is 1. The van der Waals surface area contributed by atoms with Crippen LogP contribution in [0.1, 0.15) is 27.2 Å². The standard InChI is InChI=1S/C20H20N4O4S/c1-13-5-3-4-6-18(13)29(26,27)24-11-16-17(12-24)22-23-19(16)21-20(25)14-7-9-15(28-2)10-8-14/h3-10H,11-12H2,1-2H3,(H2,21,22,23,25). The average Bonchev–Trinajstić information content (AvgIpc) is 3.31. The molecule has 0 spiro atoms. The van der Waals surface area contributed by atoms with Crippen molar-refractivity contribution < 1.29 is 17.9 Å². The van der Waals surface area contributed by atoms with Crippen molar-refractivity contribution in [2.24, 2.45) is 0 Å². The number of aromatic nitrogens is 2. The van der Waals surface area contributed by atoms with Crippen LogP contribution in [0.25, 0.3) is 0 Å². The summed E-state index contributed by atoms with van der Waals surface area (Å²) in [4.78, 5) is 12.8. The third kappa shape index (κ3) is 3.50. The number of methoxy groups -OCH3 is 1. The third-order valence-electron chi connectivity index (χ3n) is 4.92. The summed E-state index contributed by atoms with van der Waals surface area (Å²) >= 11 is 0. The molecule has 0 unspecified atom stereocenters. The molecule has 8 nitrogen and oxygen atoms in total. The topological polar surface area (TPSA) is 104 Å². The monoisotopic (exact) mass is 412 g/mol. The van der Waals surface area contributed by atoms with E-state index in [-0.39, 0.29) is 23.9 Å². The second kappa shape index (κ2) is 7.34. The van der Waals surface area contributed by atoms with E-state index in [1.165, 1.54) is 4.31 Å². The number of benzene rings is 2. The van der Waals surface area contributed by atoms with E-state index in [9.17, 15) is 13.2 Å². The summed E-state index contributed by atoms with van der Waals surface area (Å²) in [5.41, 5.74) is 2.42. The average molecular weight is 412 g/mol. The zero-order chi connectivity index (χ0) is 20.6. The van der Waals surface area contributed by atoms with E-state index in [2.05, 4.69) is 15.5 Å². The van der Waals surface area contributed by atoms with Crippen LogP contribution in [0.3, 0.4) is 0 Å². The third-order valence-corrected chi connectivity index (χ3v) is 6.87. The van der Waals surface area contributed by atoms with Gasteiger partial charge in [-0.15, -0.1) is 0 Å². The summed E-state index contributed by atoms with van der Waals surface area (Å²) in [5.74, 6) is 0.739. The zero-order valence-electron chi connectivity index (χ0n) is 16.0. The lowest BCUT2D eigenvalue weighted by atomic mass is 10.2. The lowest BCUT2D eigenvalue weighted by Gasteiger charge is -2.17. The van der Waals surface area contributed by atoms with Crippen LogP contribution in [0.2, 0.25) is 0 Å². The Morgan fingerprint density at radius 2 is 1.86 bits per heavy atom. The molecule has 0 saturated carbocycles. The molecule has 2 N–H and O–H groups in total. The van der Waals surface area contributed by atoms with E-state index >= 15 is 0 Å². The van der Waals surface area contributed by atoms with Crippen LogP contribution in [-0.4, -0.2) is 35.9 Å². The van der Waals surface area contributed by atoms with Crippen molar-refractivity contribution in [1.82, 2.24) is 14.5 Å². The summed E-state index contributed by atoms with van der Waals surface area (Å²) < 4.78 is 32.5. The molecule has 2 heterocycles. The molecule has 0 aliphatic carbocycles. The summed E-state index contributed by atoms with van der Waals surface area (Å²) in [6.45, 7) is 2.06. The fraction of sp³-hybridized carbons (Fsp3) is 0.200. The molecule has 3 aromatic rings. The van der Waals surface area contributed by atoms with Crippen molar-refractivity contribution in [2.45, 2.75) is 24.9 Å². The Balaban J connectivity index is 1.53. The van der Waals surface area contributed by atoms with Crippen LogP contribution < -0.4 is 10.1 Å². The van der Waals surface area contributed by atoms with Crippen LogP contribution in [0.4, 0.5) is 5.82 Å². The van der Waals surface area contributed by atoms with Gasteiger partial charge >= 0.3 is 0 Å². The van der Waals surface area contributed by atoms with Crippen LogP contribution in [0.15, 0.2) is 53.4 Å². The Morgan fingerprint density at radius 3 is 2.55 bits per heavy atom. The normalized spacial score (nSPS) is 13.9. The van der Waals surface area contributed by atoms with Crippen molar-refractivity contribution in [3.05, 3.63) is 70.9 Å². The number of amides is 1. The smallest absolute Gasteiger partial charge is 0.256 e. The number of carbonyl (C=O) groups excluding carboxylic acids is 1. The zero-order valence-corrected chi connectivity index (χ0v) is 16.8. The number of fused-ring (bicyclic) bond motifs is 1. The van der Waals surface area contributed by atoms with Crippen molar-refractivity contribution >= 4 is 21.7 Å². The molecule has 1 amide bonds. The van der Waals surface area contributed by atoms with Gasteiger partial charge in [-0.25, -0.2) is 8.42 Å². The fourth-order valence-corrected chi connectivity index (χ4v) is 4.88. The molecule has 0 radical (unpaired) electrons. The lowest BCUT2D eigenvalue weighted by Crippen LogP contribution is -2.27. The molecule has 0 saturated heterocycles. The number of sulfonamides is 1. The van der Waals surface area contributed by atoms with Crippen molar-refractivity contribution in [3.8, 4) is 5.75 Å². The molecule has 0 bridgehead atoms. The van der Waals surface area contributed by atoms with Crippen LogP contribution in [0.5, 0.6) is 5.75 Å². The highest BCUT2D eigenvalue weighted by atomic mass is 32.2. The maximum absolute atomic E-state index is 13.0. The highest BCUT2D eigenvalue weighted by molar-refractivity contribution is 7.89. The van der Waals surface area contributed by atoms with Crippen molar-refractivity contribution in [1.29, 1.82) is 0 Å². The SMILES string of the molecule is COc1ccc(C(=O)Nc2[nH]nc3c2CN(S(=O)(=O)c2ccccc2C)C3)cc1. The quantitative estimate of drug-likeness (QED) is 0.670. The van der Waals surface area contributed by atoms with Gasteiger partial charge in [0.2, 0.25) is 10.0 Å². The van der Waals surface area contributed by atoms with E-state index in [0.29, 0.717) is 34.0 Å². The van der Waals surface area contributed by atoms with Gasteiger partial charge in [0.1, 0.15) is 11.6 Å². The number of nitrogens with one attached hydrogen (secondary N) is 2.